The number of sulfone groups is 1. The molecule has 9 heteroatoms. The maximum Gasteiger partial charge on any atom is 0.251 e. The van der Waals surface area contributed by atoms with Crippen molar-refractivity contribution in [2.75, 3.05) is 44.0 Å². The molecule has 1 amide bonds. The minimum Gasteiger partial charge on any atom is -0.351 e. The molecular formula is C17H24N4O3S2. The van der Waals surface area contributed by atoms with Crippen LogP contribution in [0.25, 0.3) is 0 Å². The van der Waals surface area contributed by atoms with Gasteiger partial charge in [-0.1, -0.05) is 17.8 Å². The van der Waals surface area contributed by atoms with Crippen LogP contribution in [-0.2, 0) is 9.84 Å². The monoisotopic (exact) mass is 396 g/mol. The largest absolute Gasteiger partial charge is 0.351 e. The summed E-state index contributed by atoms with van der Waals surface area (Å²) in [4.78, 5) is 18.8. The van der Waals surface area contributed by atoms with E-state index in [1.54, 1.807) is 6.07 Å². The van der Waals surface area contributed by atoms with E-state index in [9.17, 15) is 13.2 Å². The fraction of sp³-hybridized carbons (Fsp3) is 0.529. The van der Waals surface area contributed by atoms with Gasteiger partial charge in [0.15, 0.2) is 15.0 Å². The number of fused-ring (bicyclic) bond motifs is 1. The number of hydrogen-bond donors (Lipinski definition) is 2. The number of amides is 1. The quantitative estimate of drug-likeness (QED) is 0.771. The number of carbonyl (C=O) groups excluding carboxylic acids is 1. The highest BCUT2D eigenvalue weighted by molar-refractivity contribution is 8.15. The Balaban J connectivity index is 1.66. The van der Waals surface area contributed by atoms with E-state index in [4.69, 9.17) is 0 Å². The summed E-state index contributed by atoms with van der Waals surface area (Å²) in [6.07, 6.45) is 0. The number of carbonyl (C=O) groups is 1. The van der Waals surface area contributed by atoms with Crippen LogP contribution in [0.4, 0.5) is 5.69 Å². The molecule has 142 valence electrons. The minimum atomic E-state index is -2.96. The Bertz CT molecular complexity index is 836. The van der Waals surface area contributed by atoms with E-state index < -0.39 is 9.84 Å². The van der Waals surface area contributed by atoms with Gasteiger partial charge in [0.05, 0.1) is 17.5 Å². The van der Waals surface area contributed by atoms with E-state index in [0.29, 0.717) is 12.1 Å². The summed E-state index contributed by atoms with van der Waals surface area (Å²) in [5, 5.41) is 6.89. The van der Waals surface area contributed by atoms with Gasteiger partial charge >= 0.3 is 0 Å². The van der Waals surface area contributed by atoms with Crippen molar-refractivity contribution in [1.82, 2.24) is 10.2 Å². The standard InChI is InChI=1S/C17H24N4O3S2/c1-11-4-5-12(16(22)18-6-7-21(2)3)8-13(11)19-17-20-14-9-26(23,24)10-15(14)25-17/h4-5,8,14-15H,6-7,9-10H2,1-3H3,(H,18,22)(H,19,20)/t14-,15+/m1/s1. The molecule has 26 heavy (non-hydrogen) atoms. The molecule has 2 aliphatic rings. The number of nitrogens with zero attached hydrogens (tertiary/aromatic N) is 2. The summed E-state index contributed by atoms with van der Waals surface area (Å²) in [6.45, 7) is 3.33. The van der Waals surface area contributed by atoms with Crippen LogP contribution in [0.2, 0.25) is 0 Å². The molecule has 0 spiro atoms. The van der Waals surface area contributed by atoms with Gasteiger partial charge in [-0.05, 0) is 38.7 Å². The molecule has 2 N–H and O–H groups in total. The number of aryl methyl sites for hydroxylation is 1. The molecule has 1 aromatic carbocycles. The zero-order valence-corrected chi connectivity index (χ0v) is 16.8. The topological polar surface area (TPSA) is 90.9 Å². The van der Waals surface area contributed by atoms with Gasteiger partial charge in [0, 0.05) is 29.6 Å². The zero-order valence-electron chi connectivity index (χ0n) is 15.2. The first kappa shape index (κ1) is 19.2. The summed E-state index contributed by atoms with van der Waals surface area (Å²) >= 11 is 1.47. The van der Waals surface area contributed by atoms with Gasteiger partial charge in [-0.3, -0.25) is 9.79 Å². The van der Waals surface area contributed by atoms with Crippen molar-refractivity contribution in [3.8, 4) is 0 Å². The summed E-state index contributed by atoms with van der Waals surface area (Å²) in [5.74, 6) is 0.201. The van der Waals surface area contributed by atoms with Crippen molar-refractivity contribution < 1.29 is 13.2 Å². The molecule has 0 saturated carbocycles. The van der Waals surface area contributed by atoms with Gasteiger partial charge in [0.2, 0.25) is 0 Å². The molecule has 1 fully saturated rings. The number of hydrogen-bond acceptors (Lipinski definition) is 7. The predicted molar refractivity (Wildman–Crippen MR) is 107 cm³/mol. The highest BCUT2D eigenvalue weighted by Crippen LogP contribution is 2.35. The average molecular weight is 397 g/mol. The first-order chi connectivity index (χ1) is 12.2. The summed E-state index contributed by atoms with van der Waals surface area (Å²) in [6, 6.07) is 5.35. The number of nitrogens with one attached hydrogen (secondary N) is 2. The van der Waals surface area contributed by atoms with Crippen LogP contribution in [0, 0.1) is 6.92 Å². The van der Waals surface area contributed by atoms with E-state index in [-0.39, 0.29) is 28.7 Å². The first-order valence-corrected chi connectivity index (χ1v) is 11.2. The van der Waals surface area contributed by atoms with Crippen molar-refractivity contribution in [1.29, 1.82) is 0 Å². The molecule has 2 atom stereocenters. The van der Waals surface area contributed by atoms with Crippen LogP contribution in [0.15, 0.2) is 23.2 Å². The third-order valence-electron chi connectivity index (χ3n) is 4.40. The van der Waals surface area contributed by atoms with Crippen molar-refractivity contribution >= 4 is 38.4 Å². The Labute approximate surface area is 158 Å². The molecule has 0 unspecified atom stereocenters. The Hall–Kier alpha value is -1.58. The van der Waals surface area contributed by atoms with Crippen molar-refractivity contribution in [3.63, 3.8) is 0 Å². The Morgan fingerprint density at radius 3 is 2.81 bits per heavy atom. The zero-order chi connectivity index (χ0) is 18.9. The molecule has 3 rings (SSSR count). The Morgan fingerprint density at radius 2 is 2.12 bits per heavy atom. The lowest BCUT2D eigenvalue weighted by Crippen LogP contribution is -2.31. The second-order valence-corrected chi connectivity index (χ2v) is 10.3. The number of amidine groups is 1. The van der Waals surface area contributed by atoms with Crippen molar-refractivity contribution in [3.05, 3.63) is 29.3 Å². The number of thioether (sulfide) groups is 1. The van der Waals surface area contributed by atoms with E-state index in [0.717, 1.165) is 23.0 Å². The van der Waals surface area contributed by atoms with Crippen LogP contribution >= 0.6 is 11.8 Å². The SMILES string of the molecule is Cc1ccc(C(=O)NCCN(C)C)cc1NC1=N[C@@H]2CS(=O)(=O)C[C@@H]2S1. The molecule has 1 saturated heterocycles. The van der Waals surface area contributed by atoms with E-state index >= 15 is 0 Å². The van der Waals surface area contributed by atoms with Crippen LogP contribution in [-0.4, -0.2) is 74.4 Å². The van der Waals surface area contributed by atoms with Crippen LogP contribution in [0.1, 0.15) is 15.9 Å². The second-order valence-electron chi connectivity index (χ2n) is 6.95. The van der Waals surface area contributed by atoms with Crippen molar-refractivity contribution in [2.45, 2.75) is 18.2 Å². The normalized spacial score (nSPS) is 23.6. The fourth-order valence-electron chi connectivity index (χ4n) is 2.92. The van der Waals surface area contributed by atoms with Crippen molar-refractivity contribution in [2.24, 2.45) is 4.99 Å². The maximum atomic E-state index is 12.3. The third-order valence-corrected chi connectivity index (χ3v) is 7.55. The number of benzene rings is 1. The van der Waals surface area contributed by atoms with Gasteiger partial charge < -0.3 is 15.5 Å². The lowest BCUT2D eigenvalue weighted by molar-refractivity contribution is 0.0951. The Kier molecular flexibility index (Phi) is 5.59. The van der Waals surface area contributed by atoms with Crippen LogP contribution < -0.4 is 10.6 Å². The van der Waals surface area contributed by atoms with E-state index in [1.165, 1.54) is 11.8 Å². The number of aliphatic imine (C=N–C) groups is 1. The molecular weight excluding hydrogens is 372 g/mol. The lowest BCUT2D eigenvalue weighted by Gasteiger charge is -2.13. The van der Waals surface area contributed by atoms with Gasteiger partial charge in [-0.15, -0.1) is 0 Å². The van der Waals surface area contributed by atoms with Gasteiger partial charge in [-0.2, -0.15) is 0 Å². The maximum absolute atomic E-state index is 12.3. The highest BCUT2D eigenvalue weighted by Gasteiger charge is 2.42. The van der Waals surface area contributed by atoms with Gasteiger partial charge in [-0.25, -0.2) is 8.42 Å². The molecule has 0 aromatic heterocycles. The fourth-order valence-corrected chi connectivity index (χ4v) is 6.59. The molecule has 0 radical (unpaired) electrons. The average Bonchev–Trinajstić information content (AvgIpc) is 3.01. The van der Waals surface area contributed by atoms with Gasteiger partial charge in [0.1, 0.15) is 0 Å². The summed E-state index contributed by atoms with van der Waals surface area (Å²) < 4.78 is 23.3. The van der Waals surface area contributed by atoms with Gasteiger partial charge in [0.25, 0.3) is 5.91 Å². The number of likely N-dealkylation sites (N-methyl/N-ethyl adjacent to an activating group) is 1. The molecule has 7 nitrogen and oxygen atoms in total. The molecule has 0 bridgehead atoms. The minimum absolute atomic E-state index is 0.000297. The molecule has 1 aromatic rings. The van der Waals surface area contributed by atoms with E-state index in [1.807, 2.05) is 38.1 Å². The van der Waals surface area contributed by atoms with Crippen LogP contribution in [0.3, 0.4) is 0 Å². The third kappa shape index (κ3) is 4.57. The summed E-state index contributed by atoms with van der Waals surface area (Å²) in [5.41, 5.74) is 2.41. The Morgan fingerprint density at radius 1 is 1.35 bits per heavy atom. The second kappa shape index (κ2) is 7.58. The number of rotatable bonds is 5. The predicted octanol–water partition coefficient (Wildman–Crippen LogP) is 0.967. The lowest BCUT2D eigenvalue weighted by atomic mass is 10.1. The summed E-state index contributed by atoms with van der Waals surface area (Å²) in [7, 11) is 0.963. The molecule has 2 aliphatic heterocycles. The smallest absolute Gasteiger partial charge is 0.251 e. The van der Waals surface area contributed by atoms with E-state index in [2.05, 4.69) is 15.6 Å². The molecule has 0 aliphatic carbocycles. The highest BCUT2D eigenvalue weighted by atomic mass is 32.2. The first-order valence-electron chi connectivity index (χ1n) is 8.49. The number of anilines is 1. The molecule has 2 heterocycles. The van der Waals surface area contributed by atoms with Crippen LogP contribution in [0.5, 0.6) is 0 Å².